The quantitative estimate of drug-likeness (QED) is 0.577. The van der Waals surface area contributed by atoms with E-state index < -0.39 is 5.60 Å². The first-order valence-electron chi connectivity index (χ1n) is 14.4. The maximum atomic E-state index is 12.3. The monoisotopic (exact) mass is 535 g/mol. The molecule has 2 saturated carbocycles. The van der Waals surface area contributed by atoms with Gasteiger partial charge < -0.3 is 15.0 Å². The Hall–Kier alpha value is -2.05. The van der Waals surface area contributed by atoms with Crippen LogP contribution in [0, 0.1) is 29.6 Å². The summed E-state index contributed by atoms with van der Waals surface area (Å²) in [6.45, 7) is 17.1. The molecule has 2 aliphatic carbocycles. The average Bonchev–Trinajstić information content (AvgIpc) is 3.56. The molecule has 3 saturated heterocycles. The summed E-state index contributed by atoms with van der Waals surface area (Å²) in [7, 11) is 0. The van der Waals surface area contributed by atoms with Crippen molar-refractivity contribution in [3.05, 3.63) is 0 Å². The third-order valence-electron chi connectivity index (χ3n) is 8.73. The first kappa shape index (κ1) is 32.2. The largest absolute Gasteiger partial charge is 0.444 e. The predicted molar refractivity (Wildman–Crippen MR) is 141 cm³/mol. The highest BCUT2D eigenvalue weighted by atomic mass is 16.6. The van der Waals surface area contributed by atoms with Crippen LogP contribution in [0.2, 0.25) is 0 Å². The van der Waals surface area contributed by atoms with Crippen LogP contribution in [0.3, 0.4) is 0 Å². The van der Waals surface area contributed by atoms with Crippen molar-refractivity contribution in [2.24, 2.45) is 29.6 Å². The Morgan fingerprint density at radius 3 is 1.84 bits per heavy atom. The van der Waals surface area contributed by atoms with Crippen molar-refractivity contribution >= 4 is 18.4 Å². The van der Waals surface area contributed by atoms with Gasteiger partial charge in [-0.15, -0.1) is 0 Å². The van der Waals surface area contributed by atoms with E-state index in [4.69, 9.17) is 23.9 Å². The standard InChI is InChI=1S/C19H34N2O2.C8H15N.2CO2/c1-13-11-15(13)17-7-6-9-21(17)16-8-10-20(12-14(16)2)18(22)23-19(3,4)5;1-6-5-7(6)8-3-2-4-9-8;2*2-1-3/h13-17H,6-12H2,1-5H3;6-9H,2-5H2,1H3;;/t13?,14?,15?,16?,17-;6?,7?,8-;;/m00../s1. The van der Waals surface area contributed by atoms with E-state index in [1.54, 1.807) is 0 Å². The third kappa shape index (κ3) is 9.92. The lowest BCUT2D eigenvalue weighted by atomic mass is 9.91. The van der Waals surface area contributed by atoms with Crippen LogP contribution in [0.25, 0.3) is 0 Å². The Morgan fingerprint density at radius 2 is 1.39 bits per heavy atom. The minimum atomic E-state index is -0.403. The van der Waals surface area contributed by atoms with E-state index in [1.807, 2.05) is 25.7 Å². The average molecular weight is 536 g/mol. The van der Waals surface area contributed by atoms with Gasteiger partial charge in [-0.25, -0.2) is 4.79 Å². The minimum Gasteiger partial charge on any atom is -0.444 e. The highest BCUT2D eigenvalue weighted by Gasteiger charge is 2.47. The molecule has 0 aromatic heterocycles. The maximum Gasteiger partial charge on any atom is 0.410 e. The molecule has 5 rings (SSSR count). The number of ether oxygens (including phenoxy) is 1. The second-order valence-corrected chi connectivity index (χ2v) is 12.8. The third-order valence-corrected chi connectivity index (χ3v) is 8.73. The van der Waals surface area contributed by atoms with Crippen molar-refractivity contribution < 1.29 is 28.7 Å². The van der Waals surface area contributed by atoms with Gasteiger partial charge in [-0.1, -0.05) is 20.8 Å². The summed E-state index contributed by atoms with van der Waals surface area (Å²) in [4.78, 5) is 49.5. The molecule has 0 aromatic rings. The van der Waals surface area contributed by atoms with Crippen molar-refractivity contribution in [1.29, 1.82) is 0 Å². The fourth-order valence-corrected chi connectivity index (χ4v) is 6.68. The lowest BCUT2D eigenvalue weighted by Crippen LogP contribution is -2.53. The van der Waals surface area contributed by atoms with Gasteiger partial charge in [0.25, 0.3) is 0 Å². The Bertz CT molecular complexity index is 800. The maximum absolute atomic E-state index is 12.3. The molecule has 1 amide bonds. The summed E-state index contributed by atoms with van der Waals surface area (Å²) in [5.74, 6) is 4.48. The van der Waals surface area contributed by atoms with Gasteiger partial charge in [-0.05, 0) is 108 Å². The minimum absolute atomic E-state index is 0.142. The van der Waals surface area contributed by atoms with E-state index in [-0.39, 0.29) is 18.4 Å². The molecule has 0 aromatic carbocycles. The summed E-state index contributed by atoms with van der Waals surface area (Å²) < 4.78 is 5.54. The first-order chi connectivity index (χ1) is 18.0. The lowest BCUT2D eigenvalue weighted by Gasteiger charge is -2.43. The van der Waals surface area contributed by atoms with Gasteiger partial charge in [-0.2, -0.15) is 19.2 Å². The van der Waals surface area contributed by atoms with E-state index in [0.717, 1.165) is 55.3 Å². The highest BCUT2D eigenvalue weighted by molar-refractivity contribution is 5.68. The van der Waals surface area contributed by atoms with Crippen molar-refractivity contribution in [2.75, 3.05) is 26.2 Å². The normalized spacial score (nSPS) is 35.6. The zero-order chi connectivity index (χ0) is 28.5. The summed E-state index contributed by atoms with van der Waals surface area (Å²) in [5.41, 5.74) is -0.403. The van der Waals surface area contributed by atoms with Crippen LogP contribution in [-0.4, -0.2) is 78.1 Å². The van der Waals surface area contributed by atoms with Crippen LogP contribution in [0.4, 0.5) is 4.79 Å². The van der Waals surface area contributed by atoms with Crippen LogP contribution >= 0.6 is 0 Å². The molecule has 3 heterocycles. The number of amides is 1. The SMILES string of the molecule is CC1CC1[C@@H]1CCCN1.CC1CC1[C@@H]1CCCN1C1CCN(C(=O)OC(C)(C)C)CC1C.O=C=O.O=C=O. The summed E-state index contributed by atoms with van der Waals surface area (Å²) >= 11 is 0. The number of carbonyl (C=O) groups excluding carboxylic acids is 5. The fourth-order valence-electron chi connectivity index (χ4n) is 6.68. The van der Waals surface area contributed by atoms with Crippen molar-refractivity contribution in [3.8, 4) is 0 Å². The molecular weight excluding hydrogens is 486 g/mol. The van der Waals surface area contributed by atoms with Crippen LogP contribution in [-0.2, 0) is 23.9 Å². The number of carbonyl (C=O) groups is 1. The van der Waals surface area contributed by atoms with E-state index in [1.165, 1.54) is 51.6 Å². The molecule has 5 aliphatic rings. The smallest absolute Gasteiger partial charge is 0.410 e. The first-order valence-corrected chi connectivity index (χ1v) is 14.4. The van der Waals surface area contributed by atoms with E-state index in [2.05, 4.69) is 31.0 Å². The van der Waals surface area contributed by atoms with Crippen molar-refractivity contribution in [1.82, 2.24) is 15.1 Å². The van der Waals surface area contributed by atoms with Crippen molar-refractivity contribution in [2.45, 2.75) is 110 Å². The molecule has 0 spiro atoms. The van der Waals surface area contributed by atoms with Gasteiger partial charge in [0.2, 0.25) is 0 Å². The predicted octanol–water partition coefficient (Wildman–Crippen LogP) is 3.98. The molecule has 8 atom stereocenters. The number of piperidine rings is 1. The molecule has 3 aliphatic heterocycles. The number of nitrogens with one attached hydrogen (secondary N) is 1. The number of rotatable bonds is 3. The van der Waals surface area contributed by atoms with Crippen LogP contribution in [0.15, 0.2) is 0 Å². The topological polar surface area (TPSA) is 113 Å². The molecule has 0 radical (unpaired) electrons. The van der Waals surface area contributed by atoms with Gasteiger partial charge in [0.05, 0.1) is 0 Å². The van der Waals surface area contributed by atoms with E-state index in [9.17, 15) is 4.79 Å². The fraction of sp³-hybridized carbons (Fsp3) is 0.897. The second-order valence-electron chi connectivity index (χ2n) is 12.8. The zero-order valence-electron chi connectivity index (χ0n) is 24.2. The van der Waals surface area contributed by atoms with Gasteiger partial charge in [0.1, 0.15) is 5.60 Å². The molecule has 9 nitrogen and oxygen atoms in total. The Kier molecular flexibility index (Phi) is 12.6. The number of likely N-dealkylation sites (tertiary alicyclic amines) is 2. The van der Waals surface area contributed by atoms with Crippen LogP contribution < -0.4 is 5.32 Å². The molecule has 9 heteroatoms. The van der Waals surface area contributed by atoms with Gasteiger partial charge in [0.15, 0.2) is 0 Å². The second kappa shape index (κ2) is 14.9. The van der Waals surface area contributed by atoms with Gasteiger partial charge >= 0.3 is 18.4 Å². The summed E-state index contributed by atoms with van der Waals surface area (Å²) in [6.07, 6.45) is 9.95. The molecule has 216 valence electrons. The van der Waals surface area contributed by atoms with Crippen LogP contribution in [0.5, 0.6) is 0 Å². The number of nitrogens with zero attached hydrogens (tertiary/aromatic N) is 2. The lowest BCUT2D eigenvalue weighted by molar-refractivity contribution is -0.193. The highest BCUT2D eigenvalue weighted by Crippen LogP contribution is 2.47. The van der Waals surface area contributed by atoms with Gasteiger partial charge in [0, 0.05) is 31.2 Å². The molecule has 6 unspecified atom stereocenters. The zero-order valence-corrected chi connectivity index (χ0v) is 24.2. The van der Waals surface area contributed by atoms with Crippen molar-refractivity contribution in [3.63, 3.8) is 0 Å². The number of hydrogen-bond acceptors (Lipinski definition) is 8. The molecule has 5 fully saturated rings. The van der Waals surface area contributed by atoms with E-state index in [0.29, 0.717) is 12.0 Å². The van der Waals surface area contributed by atoms with Gasteiger partial charge in [-0.3, -0.25) is 4.90 Å². The Balaban J connectivity index is 0.000000276. The molecular formula is C29H49N3O6. The molecule has 38 heavy (non-hydrogen) atoms. The summed E-state index contributed by atoms with van der Waals surface area (Å²) in [6, 6.07) is 2.36. The molecule has 1 N–H and O–H groups in total. The summed E-state index contributed by atoms with van der Waals surface area (Å²) in [5, 5.41) is 3.55. The van der Waals surface area contributed by atoms with E-state index >= 15 is 0 Å². The Labute approximate surface area is 228 Å². The van der Waals surface area contributed by atoms with Crippen LogP contribution in [0.1, 0.15) is 86.5 Å². The number of hydrogen-bond donors (Lipinski definition) is 1. The molecule has 0 bridgehead atoms. The Morgan fingerprint density at radius 1 is 0.816 bits per heavy atom.